The van der Waals surface area contributed by atoms with Crippen LogP contribution in [0, 0.1) is 13.8 Å². The molecular weight excluding hydrogens is 922 g/mol. The van der Waals surface area contributed by atoms with E-state index in [4.69, 9.17) is 30.9 Å². The zero-order valence-corrected chi connectivity index (χ0v) is 42.4. The van der Waals surface area contributed by atoms with Gasteiger partial charge in [0.1, 0.15) is 28.8 Å². The lowest BCUT2D eigenvalue weighted by atomic mass is 9.98. The summed E-state index contributed by atoms with van der Waals surface area (Å²) in [6, 6.07) is 17.4. The number of piperazine rings is 1. The molecule has 0 saturated carbocycles. The van der Waals surface area contributed by atoms with Crippen LogP contribution in [-0.2, 0) is 48.7 Å². The number of fused-ring (bicyclic) bond motifs is 4. The van der Waals surface area contributed by atoms with Crippen molar-refractivity contribution in [3.63, 3.8) is 0 Å². The van der Waals surface area contributed by atoms with Gasteiger partial charge in [0.25, 0.3) is 11.8 Å². The first-order valence-corrected chi connectivity index (χ1v) is 24.9. The van der Waals surface area contributed by atoms with E-state index in [-0.39, 0.29) is 55.8 Å². The van der Waals surface area contributed by atoms with E-state index in [0.717, 1.165) is 61.9 Å². The lowest BCUT2D eigenvalue weighted by Crippen LogP contribution is -2.53. The molecule has 4 aliphatic rings. The Morgan fingerprint density at radius 3 is 2.44 bits per heavy atom. The van der Waals surface area contributed by atoms with Crippen LogP contribution in [0.3, 0.4) is 0 Å². The first-order valence-electron chi connectivity index (χ1n) is 24.5. The largest absolute Gasteiger partial charge is 0.493 e. The fourth-order valence-electron chi connectivity index (χ4n) is 11.0. The maximum absolute atomic E-state index is 14.7. The summed E-state index contributed by atoms with van der Waals surface area (Å²) in [5.74, 6) is -0.643. The minimum Gasteiger partial charge on any atom is -0.493 e. The number of esters is 1. The number of amides is 4. The minimum absolute atomic E-state index is 0.0427. The highest BCUT2D eigenvalue weighted by Crippen LogP contribution is 2.43. The Kier molecular flexibility index (Phi) is 13.8. The number of likely N-dealkylation sites (tertiary alicyclic amines) is 2. The summed E-state index contributed by atoms with van der Waals surface area (Å²) >= 11 is 7.24. The molecular formula is C55H62ClN7O8. The molecule has 0 aliphatic carbocycles. The number of aryl methyl sites for hydroxylation is 3. The second kappa shape index (κ2) is 19.8. The van der Waals surface area contributed by atoms with Crippen LogP contribution in [0.5, 0.6) is 5.75 Å². The number of ether oxygens (including phenoxy) is 3. The van der Waals surface area contributed by atoms with Crippen molar-refractivity contribution in [1.29, 1.82) is 0 Å². The lowest BCUT2D eigenvalue weighted by Gasteiger charge is -2.34. The predicted molar refractivity (Wildman–Crippen MR) is 272 cm³/mol. The van der Waals surface area contributed by atoms with Gasteiger partial charge in [-0.15, -0.1) is 0 Å². The maximum Gasteiger partial charge on any atom is 0.355 e. The number of hydrogen-bond acceptors (Lipinski definition) is 10. The zero-order chi connectivity index (χ0) is 50.5. The molecule has 1 unspecified atom stereocenters. The van der Waals surface area contributed by atoms with Gasteiger partial charge in [-0.1, -0.05) is 66.7 Å². The van der Waals surface area contributed by atoms with Gasteiger partial charge in [0.2, 0.25) is 11.8 Å². The highest BCUT2D eigenvalue weighted by Gasteiger charge is 2.46. The van der Waals surface area contributed by atoms with E-state index in [9.17, 15) is 24.0 Å². The Balaban J connectivity index is 0.948. The summed E-state index contributed by atoms with van der Waals surface area (Å²) in [7, 11) is 1.92. The Bertz CT molecular complexity index is 3060. The Labute approximate surface area is 419 Å². The van der Waals surface area contributed by atoms with Gasteiger partial charge in [-0.3, -0.25) is 34.1 Å². The van der Waals surface area contributed by atoms with Gasteiger partial charge in [0.15, 0.2) is 6.61 Å². The molecule has 3 saturated heterocycles. The topological polar surface area (TPSA) is 158 Å². The fourth-order valence-corrected chi connectivity index (χ4v) is 11.3. The Hall–Kier alpha value is -6.71. The monoisotopic (exact) mass is 983 g/mol. The van der Waals surface area contributed by atoms with Gasteiger partial charge in [0, 0.05) is 90.5 Å². The molecule has 372 valence electrons. The number of piperidine rings is 1. The second-order valence-electron chi connectivity index (χ2n) is 19.9. The quantitative estimate of drug-likeness (QED) is 0.0449. The van der Waals surface area contributed by atoms with Crippen molar-refractivity contribution < 1.29 is 38.2 Å². The second-order valence-corrected chi connectivity index (χ2v) is 20.3. The molecule has 3 aromatic carbocycles. The highest BCUT2D eigenvalue weighted by atomic mass is 35.5. The molecule has 3 fully saturated rings. The molecule has 6 heterocycles. The molecule has 16 heteroatoms. The van der Waals surface area contributed by atoms with Crippen LogP contribution in [0.15, 0.2) is 90.2 Å². The fraction of sp³-hybridized carbons (Fsp3) is 0.418. The normalized spacial score (nSPS) is 19.7. The van der Waals surface area contributed by atoms with Crippen molar-refractivity contribution in [2.75, 3.05) is 39.4 Å². The average Bonchev–Trinajstić information content (AvgIpc) is 4.14. The number of aromatic nitrogens is 3. The first-order chi connectivity index (χ1) is 34.0. The number of hydrogen-bond donors (Lipinski definition) is 1. The third-order valence-corrected chi connectivity index (χ3v) is 14.7. The van der Waals surface area contributed by atoms with Crippen LogP contribution in [-0.4, -0.2) is 122 Å². The van der Waals surface area contributed by atoms with Crippen molar-refractivity contribution in [3.05, 3.63) is 118 Å². The van der Waals surface area contributed by atoms with Crippen LogP contribution < -0.4 is 10.1 Å². The van der Waals surface area contributed by atoms with Crippen molar-refractivity contribution in [2.45, 2.75) is 104 Å². The SMILES string of the molecule is C=CC1=C(/C(=C\C)OCC(=O)N2C[C@@H]3C[C@H]2CN3CCn2c(C(=O)OC(C)(C)C)c(CCCOc3cccc4ccccc34)c3ccc(Cl)c(-c4c(C)nn(C)c4C)c32)CN(C2CCC(=O)NC2=O)C1=O. The summed E-state index contributed by atoms with van der Waals surface area (Å²) in [6.45, 7) is 17.7. The summed E-state index contributed by atoms with van der Waals surface area (Å²) < 4.78 is 22.8. The zero-order valence-electron chi connectivity index (χ0n) is 41.6. The minimum atomic E-state index is -0.793. The van der Waals surface area contributed by atoms with Crippen LogP contribution in [0.4, 0.5) is 0 Å². The first kappa shape index (κ1) is 49.3. The maximum atomic E-state index is 14.7. The van der Waals surface area contributed by atoms with E-state index < -0.39 is 23.5 Å². The van der Waals surface area contributed by atoms with E-state index in [1.54, 1.807) is 13.0 Å². The van der Waals surface area contributed by atoms with Gasteiger partial charge in [0.05, 0.1) is 29.4 Å². The Morgan fingerprint density at radius 2 is 1.75 bits per heavy atom. The number of halogens is 1. The molecule has 2 bridgehead atoms. The molecule has 9 rings (SSSR count). The number of imide groups is 1. The average molecular weight is 985 g/mol. The predicted octanol–water partition coefficient (Wildman–Crippen LogP) is 7.77. The molecule has 3 atom stereocenters. The highest BCUT2D eigenvalue weighted by molar-refractivity contribution is 6.35. The number of nitrogens with zero attached hydrogens (tertiary/aromatic N) is 6. The van der Waals surface area contributed by atoms with Crippen molar-refractivity contribution in [2.24, 2.45) is 7.05 Å². The van der Waals surface area contributed by atoms with Gasteiger partial charge in [-0.25, -0.2) is 4.79 Å². The van der Waals surface area contributed by atoms with E-state index in [1.165, 1.54) is 11.0 Å². The van der Waals surface area contributed by atoms with Gasteiger partial charge < -0.3 is 28.6 Å². The molecule has 4 amide bonds. The molecule has 2 aromatic heterocycles. The van der Waals surface area contributed by atoms with E-state index in [0.29, 0.717) is 73.2 Å². The molecule has 0 spiro atoms. The number of rotatable bonds is 16. The number of carbonyl (C=O) groups excluding carboxylic acids is 5. The van der Waals surface area contributed by atoms with Crippen LogP contribution in [0.1, 0.15) is 80.8 Å². The van der Waals surface area contributed by atoms with Gasteiger partial charge in [-0.05, 0) is 96.4 Å². The van der Waals surface area contributed by atoms with Gasteiger partial charge >= 0.3 is 5.97 Å². The number of benzene rings is 3. The van der Waals surface area contributed by atoms with Crippen molar-refractivity contribution in [3.8, 4) is 16.9 Å². The van der Waals surface area contributed by atoms with Gasteiger partial charge in [-0.2, -0.15) is 5.10 Å². The summed E-state index contributed by atoms with van der Waals surface area (Å²) in [4.78, 5) is 72.3. The van der Waals surface area contributed by atoms with Crippen LogP contribution >= 0.6 is 11.6 Å². The Morgan fingerprint density at radius 1 is 0.972 bits per heavy atom. The van der Waals surface area contributed by atoms with E-state index in [1.807, 2.05) is 87.6 Å². The van der Waals surface area contributed by atoms with Crippen LogP contribution in [0.25, 0.3) is 32.8 Å². The third kappa shape index (κ3) is 9.49. The number of carbonyl (C=O) groups is 5. The van der Waals surface area contributed by atoms with E-state index >= 15 is 0 Å². The standard InChI is InChI=1S/C55H62ClN7O8/c1-9-37-41(30-63(53(37)67)43-22-23-46(64)57-52(43)66)44(10-2)70-31-47(65)62-29-35-27-36(62)28-60(35)24-25-61-50-40(20-21-42(56)49(50)48-32(3)58-59(8)33(48)4)39(51(61)54(68)71-55(5,6)7)18-14-26-69-45-19-13-16-34-15-11-12-17-38(34)45/h9-13,15-17,19-21,35-36,43H,1,14,18,22-31H2,2-8H3,(H,57,64,66)/b44-10+/t35-,36-,43?/m0/s1. The molecule has 71 heavy (non-hydrogen) atoms. The summed E-state index contributed by atoms with van der Waals surface area (Å²) in [6.07, 6.45) is 5.48. The number of nitrogens with one attached hydrogen (secondary N) is 1. The smallest absolute Gasteiger partial charge is 0.355 e. The molecule has 15 nitrogen and oxygen atoms in total. The molecule has 4 aliphatic heterocycles. The van der Waals surface area contributed by atoms with Crippen molar-refractivity contribution in [1.82, 2.24) is 34.4 Å². The summed E-state index contributed by atoms with van der Waals surface area (Å²) in [5.41, 5.74) is 5.79. The molecule has 0 radical (unpaired) electrons. The third-order valence-electron chi connectivity index (χ3n) is 14.3. The lowest BCUT2D eigenvalue weighted by molar-refractivity contribution is -0.142. The van der Waals surface area contributed by atoms with Crippen molar-refractivity contribution >= 4 is 62.9 Å². The molecule has 5 aromatic rings. The molecule has 1 N–H and O–H groups in total. The van der Waals surface area contributed by atoms with E-state index in [2.05, 4.69) is 39.6 Å². The van der Waals surface area contributed by atoms with Crippen LogP contribution in [0.2, 0.25) is 5.02 Å². The summed E-state index contributed by atoms with van der Waals surface area (Å²) in [5, 5.41) is 10.7. The number of allylic oxidation sites excluding steroid dienone is 1.